The Balaban J connectivity index is 0. The van der Waals surface area contributed by atoms with Gasteiger partial charge in [0.1, 0.15) is 0 Å². The Hall–Kier alpha value is 0.539. The van der Waals surface area contributed by atoms with Gasteiger partial charge in [0.05, 0.1) is 0 Å². The molecule has 0 nitrogen and oxygen atoms in total. The van der Waals surface area contributed by atoms with E-state index in [-0.39, 0.29) is 0 Å². The van der Waals surface area contributed by atoms with Gasteiger partial charge in [-0.05, 0) is 13.8 Å². The second-order valence-electron chi connectivity index (χ2n) is 4.96. The van der Waals surface area contributed by atoms with Gasteiger partial charge in [0.25, 0.3) is 0 Å². The molecule has 0 aliphatic heterocycles. The molecular weight excluding hydrogens is 311 g/mol. The summed E-state index contributed by atoms with van der Waals surface area (Å²) in [5.74, 6) is 0. The van der Waals surface area contributed by atoms with Crippen molar-refractivity contribution in [2.45, 2.75) is 86.5 Å². The summed E-state index contributed by atoms with van der Waals surface area (Å²) in [6.45, 7) is 11.0. The second-order valence-corrected chi connectivity index (χ2v) is 14.8. The SMILES string of the molecule is CC=CC.CCC[CH2][SnH]([CH2]CCC)[CH2]CCC. The Kier molecular flexibility index (Phi) is 22.1. The monoisotopic (exact) mass is 348 g/mol. The van der Waals surface area contributed by atoms with Crippen LogP contribution >= 0.6 is 0 Å². The molecule has 104 valence electrons. The average molecular weight is 347 g/mol. The third-order valence-corrected chi connectivity index (χ3v) is 13.7. The second kappa shape index (κ2) is 18.9. The van der Waals surface area contributed by atoms with Crippen LogP contribution in [0.5, 0.6) is 0 Å². The van der Waals surface area contributed by atoms with Crippen molar-refractivity contribution in [2.75, 3.05) is 0 Å². The summed E-state index contributed by atoms with van der Waals surface area (Å²) in [5.41, 5.74) is 0. The van der Waals surface area contributed by atoms with E-state index in [9.17, 15) is 0 Å². The van der Waals surface area contributed by atoms with Gasteiger partial charge < -0.3 is 0 Å². The van der Waals surface area contributed by atoms with Gasteiger partial charge in [-0.25, -0.2) is 0 Å². The van der Waals surface area contributed by atoms with Crippen LogP contribution in [-0.2, 0) is 0 Å². The molecule has 0 aliphatic rings. The third kappa shape index (κ3) is 19.1. The Morgan fingerprint density at radius 1 is 0.647 bits per heavy atom. The molecule has 0 radical (unpaired) electrons. The van der Waals surface area contributed by atoms with Gasteiger partial charge >= 0.3 is 92.4 Å². The van der Waals surface area contributed by atoms with Gasteiger partial charge in [0.15, 0.2) is 0 Å². The van der Waals surface area contributed by atoms with Crippen molar-refractivity contribution in [3.05, 3.63) is 12.2 Å². The molecule has 0 rings (SSSR count). The Morgan fingerprint density at radius 3 is 1.12 bits per heavy atom. The van der Waals surface area contributed by atoms with Crippen LogP contribution in [0.3, 0.4) is 0 Å². The fourth-order valence-electron chi connectivity index (χ4n) is 1.91. The van der Waals surface area contributed by atoms with Gasteiger partial charge in [-0.1, -0.05) is 12.2 Å². The van der Waals surface area contributed by atoms with Crippen molar-refractivity contribution in [1.29, 1.82) is 0 Å². The van der Waals surface area contributed by atoms with Crippen LogP contribution in [0.1, 0.15) is 73.1 Å². The predicted molar refractivity (Wildman–Crippen MR) is 86.8 cm³/mol. The van der Waals surface area contributed by atoms with E-state index in [0.717, 1.165) is 0 Å². The first-order valence-corrected chi connectivity index (χ1v) is 14.8. The van der Waals surface area contributed by atoms with E-state index >= 15 is 0 Å². The van der Waals surface area contributed by atoms with Gasteiger partial charge in [-0.3, -0.25) is 0 Å². The van der Waals surface area contributed by atoms with E-state index in [1.807, 2.05) is 26.0 Å². The first-order valence-electron chi connectivity index (χ1n) is 7.83. The fraction of sp³-hybridized carbons (Fsp3) is 0.875. The van der Waals surface area contributed by atoms with E-state index in [2.05, 4.69) is 20.8 Å². The zero-order chi connectivity index (χ0) is 13.4. The molecule has 0 saturated heterocycles. The summed E-state index contributed by atoms with van der Waals surface area (Å²) in [6, 6.07) is 0. The number of rotatable bonds is 9. The molecule has 0 bridgehead atoms. The molecule has 0 amide bonds. The molecular formula is C16H36Sn. The predicted octanol–water partition coefficient (Wildman–Crippen LogP) is 6.20. The van der Waals surface area contributed by atoms with Crippen LogP contribution in [0.25, 0.3) is 0 Å². The van der Waals surface area contributed by atoms with Crippen LogP contribution in [-0.4, -0.2) is 19.8 Å². The first kappa shape index (κ1) is 19.9. The number of unbranched alkanes of at least 4 members (excludes halogenated alkanes) is 3. The standard InChI is InChI=1S/3C4H9.C4H8.Sn.H/c4*1-3-4-2;;/h3*1,3-4H2,2H3;3-4H,1-2H3;;. The molecule has 0 fully saturated rings. The number of hydrogen-bond acceptors (Lipinski definition) is 0. The maximum atomic E-state index is 2.34. The molecule has 1 heteroatoms. The van der Waals surface area contributed by atoms with Crippen LogP contribution in [0.15, 0.2) is 12.2 Å². The molecule has 0 atom stereocenters. The molecule has 0 aliphatic carbocycles. The molecule has 17 heavy (non-hydrogen) atoms. The van der Waals surface area contributed by atoms with E-state index in [1.54, 1.807) is 13.3 Å². The molecule has 0 unspecified atom stereocenters. The zero-order valence-corrected chi connectivity index (χ0v) is 16.4. The summed E-state index contributed by atoms with van der Waals surface area (Å²) >= 11 is -0.967. The Labute approximate surface area is 118 Å². The first-order chi connectivity index (χ1) is 8.26. The summed E-state index contributed by atoms with van der Waals surface area (Å²) in [7, 11) is 0. The molecule has 0 spiro atoms. The van der Waals surface area contributed by atoms with Crippen molar-refractivity contribution in [3.63, 3.8) is 0 Å². The average Bonchev–Trinajstić information content (AvgIpc) is 2.38. The maximum absolute atomic E-state index is 2.34. The molecule has 0 saturated carbocycles. The van der Waals surface area contributed by atoms with Crippen molar-refractivity contribution in [1.82, 2.24) is 0 Å². The van der Waals surface area contributed by atoms with Crippen molar-refractivity contribution < 1.29 is 0 Å². The van der Waals surface area contributed by atoms with Crippen LogP contribution in [0, 0.1) is 0 Å². The van der Waals surface area contributed by atoms with Crippen molar-refractivity contribution >= 4 is 19.8 Å². The third-order valence-electron chi connectivity index (χ3n) is 3.23. The van der Waals surface area contributed by atoms with E-state index in [0.29, 0.717) is 0 Å². The Morgan fingerprint density at radius 2 is 0.941 bits per heavy atom. The quantitative estimate of drug-likeness (QED) is 0.344. The van der Waals surface area contributed by atoms with Gasteiger partial charge in [0.2, 0.25) is 0 Å². The summed E-state index contributed by atoms with van der Waals surface area (Å²) in [5, 5.41) is 0. The minimum atomic E-state index is -0.967. The fourth-order valence-corrected chi connectivity index (χ4v) is 12.8. The van der Waals surface area contributed by atoms with Crippen molar-refractivity contribution in [3.8, 4) is 0 Å². The topological polar surface area (TPSA) is 0 Å². The van der Waals surface area contributed by atoms with Gasteiger partial charge in [0, 0.05) is 0 Å². The molecule has 0 aromatic heterocycles. The normalized spacial score (nSPS) is 10.7. The van der Waals surface area contributed by atoms with Crippen LogP contribution < -0.4 is 0 Å². The van der Waals surface area contributed by atoms with E-state index in [1.165, 1.54) is 38.5 Å². The van der Waals surface area contributed by atoms with E-state index < -0.39 is 19.8 Å². The molecule has 0 heterocycles. The summed E-state index contributed by atoms with van der Waals surface area (Å²) < 4.78 is 5.08. The molecule has 0 aromatic carbocycles. The Bertz CT molecular complexity index is 117. The molecule has 0 aromatic rings. The van der Waals surface area contributed by atoms with Crippen LogP contribution in [0.4, 0.5) is 0 Å². The number of hydrogen-bond donors (Lipinski definition) is 0. The van der Waals surface area contributed by atoms with E-state index in [4.69, 9.17) is 0 Å². The summed E-state index contributed by atoms with van der Waals surface area (Å²) in [6.07, 6.45) is 12.9. The van der Waals surface area contributed by atoms with Crippen LogP contribution in [0.2, 0.25) is 13.3 Å². The van der Waals surface area contributed by atoms with Gasteiger partial charge in [-0.2, -0.15) is 0 Å². The minimum absolute atomic E-state index is 0.967. The van der Waals surface area contributed by atoms with Crippen molar-refractivity contribution in [2.24, 2.45) is 0 Å². The number of allylic oxidation sites excluding steroid dienone is 2. The van der Waals surface area contributed by atoms with Gasteiger partial charge in [-0.15, -0.1) is 0 Å². The summed E-state index contributed by atoms with van der Waals surface area (Å²) in [4.78, 5) is 0. The molecule has 0 N–H and O–H groups in total. The zero-order valence-electron chi connectivity index (χ0n) is 13.1.